The molecule has 2 aromatic carbocycles. The first-order valence-electron chi connectivity index (χ1n) is 14.3. The maximum atomic E-state index is 15.1. The third-order valence-corrected chi connectivity index (χ3v) is 9.93. The number of nitrogens with one attached hydrogen (secondary N) is 1. The number of phenolic OH excluding ortho intramolecular Hbond substituents is 1. The zero-order chi connectivity index (χ0) is 26.4. The third-order valence-electron chi connectivity index (χ3n) is 9.93. The Bertz CT molecular complexity index is 1200. The number of likely N-dealkylation sites (tertiary alicyclic amines) is 1. The van der Waals surface area contributed by atoms with Gasteiger partial charge in [0.25, 0.3) is 0 Å². The van der Waals surface area contributed by atoms with Crippen molar-refractivity contribution in [2.24, 2.45) is 17.3 Å². The maximum Gasteiger partial charge on any atom is 0.238 e. The largest absolute Gasteiger partial charge is 0.508 e. The fourth-order valence-electron chi connectivity index (χ4n) is 8.06. The summed E-state index contributed by atoms with van der Waals surface area (Å²) in [5.41, 5.74) is 2.29. The van der Waals surface area contributed by atoms with Gasteiger partial charge in [0, 0.05) is 17.4 Å². The van der Waals surface area contributed by atoms with Crippen molar-refractivity contribution in [3.8, 4) is 11.5 Å². The number of aryl methyl sites for hydroxylation is 1. The highest BCUT2D eigenvalue weighted by Gasteiger charge is 2.58. The predicted octanol–water partition coefficient (Wildman–Crippen LogP) is 5.23. The van der Waals surface area contributed by atoms with E-state index in [1.807, 2.05) is 12.1 Å². The number of phenols is 1. The fourth-order valence-corrected chi connectivity index (χ4v) is 8.06. The second kappa shape index (κ2) is 10.2. The first-order valence-corrected chi connectivity index (χ1v) is 14.3. The van der Waals surface area contributed by atoms with E-state index < -0.39 is 5.82 Å². The second-order valence-corrected chi connectivity index (χ2v) is 12.2. The highest BCUT2D eigenvalue weighted by molar-refractivity contribution is 5.92. The van der Waals surface area contributed by atoms with Crippen LogP contribution in [0.1, 0.15) is 68.9 Å². The van der Waals surface area contributed by atoms with Gasteiger partial charge in [0.1, 0.15) is 23.4 Å². The molecule has 3 aliphatic carbocycles. The lowest BCUT2D eigenvalue weighted by Crippen LogP contribution is -2.51. The van der Waals surface area contributed by atoms with E-state index in [0.29, 0.717) is 24.0 Å². The summed E-state index contributed by atoms with van der Waals surface area (Å²) in [7, 11) is 0. The number of fused-ring (bicyclic) bond motifs is 5. The van der Waals surface area contributed by atoms with Crippen LogP contribution in [0.5, 0.6) is 11.5 Å². The van der Waals surface area contributed by atoms with Crippen LogP contribution in [0.2, 0.25) is 0 Å². The zero-order valence-corrected chi connectivity index (χ0v) is 22.2. The Kier molecular flexibility index (Phi) is 6.85. The second-order valence-electron chi connectivity index (χ2n) is 12.2. The number of rotatable bonds is 5. The van der Waals surface area contributed by atoms with Crippen LogP contribution in [-0.2, 0) is 11.2 Å². The molecule has 0 aromatic heterocycles. The minimum Gasteiger partial charge on any atom is -0.508 e. The molecular formula is C31H39FN2O4. The van der Waals surface area contributed by atoms with Crippen molar-refractivity contribution in [1.29, 1.82) is 0 Å². The van der Waals surface area contributed by atoms with Crippen molar-refractivity contribution in [1.82, 2.24) is 4.90 Å². The van der Waals surface area contributed by atoms with Gasteiger partial charge in [-0.15, -0.1) is 0 Å². The van der Waals surface area contributed by atoms with Gasteiger partial charge in [-0.3, -0.25) is 9.69 Å². The van der Waals surface area contributed by atoms with Gasteiger partial charge in [-0.25, -0.2) is 4.39 Å². The number of nitrogens with zero attached hydrogens (tertiary/aromatic N) is 1. The summed E-state index contributed by atoms with van der Waals surface area (Å²) in [4.78, 5) is 14.6. The lowest BCUT2D eigenvalue weighted by atomic mass is 9.54. The maximum absolute atomic E-state index is 15.1. The lowest BCUT2D eigenvalue weighted by Gasteiger charge is -2.53. The topological polar surface area (TPSA) is 82.0 Å². The molecule has 0 bridgehead atoms. The number of ether oxygens (including phenoxy) is 1. The first kappa shape index (κ1) is 25.6. The summed E-state index contributed by atoms with van der Waals surface area (Å²) in [6.45, 7) is 4.28. The van der Waals surface area contributed by atoms with Gasteiger partial charge >= 0.3 is 0 Å². The van der Waals surface area contributed by atoms with E-state index in [1.54, 1.807) is 18.2 Å². The average molecular weight is 523 g/mol. The van der Waals surface area contributed by atoms with Gasteiger partial charge in [-0.05, 0) is 105 Å². The van der Waals surface area contributed by atoms with E-state index in [4.69, 9.17) is 4.74 Å². The number of amides is 1. The summed E-state index contributed by atoms with van der Waals surface area (Å²) < 4.78 is 21.7. The molecule has 2 saturated carbocycles. The van der Waals surface area contributed by atoms with Gasteiger partial charge in [-0.2, -0.15) is 0 Å². The minimum absolute atomic E-state index is 0.120. The Morgan fingerprint density at radius 2 is 1.95 bits per heavy atom. The Balaban J connectivity index is 1.23. The van der Waals surface area contributed by atoms with Crippen molar-refractivity contribution < 1.29 is 24.1 Å². The van der Waals surface area contributed by atoms with Crippen LogP contribution >= 0.6 is 0 Å². The smallest absolute Gasteiger partial charge is 0.238 e. The Morgan fingerprint density at radius 1 is 1.13 bits per heavy atom. The van der Waals surface area contributed by atoms with Crippen LogP contribution < -0.4 is 10.1 Å². The van der Waals surface area contributed by atoms with E-state index in [-0.39, 0.29) is 47.4 Å². The summed E-state index contributed by atoms with van der Waals surface area (Å²) in [5, 5.41) is 23.8. The Hall–Kier alpha value is -2.64. The predicted molar refractivity (Wildman–Crippen MR) is 144 cm³/mol. The molecule has 7 heteroatoms. The molecule has 2 aromatic rings. The van der Waals surface area contributed by atoms with Crippen LogP contribution in [0.25, 0.3) is 0 Å². The highest BCUT2D eigenvalue weighted by atomic mass is 19.1. The summed E-state index contributed by atoms with van der Waals surface area (Å²) in [5.74, 6) is 0.892. The fraction of sp³-hybridized carbons (Fsp3) is 0.581. The lowest BCUT2D eigenvalue weighted by molar-refractivity contribution is -0.117. The number of piperidine rings is 1. The summed E-state index contributed by atoms with van der Waals surface area (Å²) in [6, 6.07) is 10.3. The molecule has 3 N–H and O–H groups in total. The van der Waals surface area contributed by atoms with Crippen molar-refractivity contribution in [2.45, 2.75) is 76.4 Å². The Labute approximate surface area is 224 Å². The molecule has 1 heterocycles. The molecule has 0 radical (unpaired) electrons. The number of aliphatic hydroxyl groups is 1. The van der Waals surface area contributed by atoms with E-state index in [1.165, 1.54) is 18.1 Å². The molecule has 38 heavy (non-hydrogen) atoms. The number of aromatic hydroxyl groups is 1. The van der Waals surface area contributed by atoms with Gasteiger partial charge in [0.05, 0.1) is 18.3 Å². The Morgan fingerprint density at radius 3 is 2.74 bits per heavy atom. The van der Waals surface area contributed by atoms with Crippen LogP contribution in [0.4, 0.5) is 10.1 Å². The van der Waals surface area contributed by atoms with E-state index in [0.717, 1.165) is 57.2 Å². The summed E-state index contributed by atoms with van der Waals surface area (Å²) >= 11 is 0. The number of benzene rings is 2. The van der Waals surface area contributed by atoms with Crippen LogP contribution in [-0.4, -0.2) is 52.9 Å². The molecule has 1 aliphatic heterocycles. The number of hydrogen-bond donors (Lipinski definition) is 3. The molecule has 204 valence electrons. The normalized spacial score (nSPS) is 32.7. The van der Waals surface area contributed by atoms with Gasteiger partial charge in [0.15, 0.2) is 0 Å². The molecule has 3 fully saturated rings. The van der Waals surface area contributed by atoms with E-state index in [9.17, 15) is 15.0 Å². The van der Waals surface area contributed by atoms with E-state index >= 15 is 4.39 Å². The standard InChI is InChI=1S/C31H39FN2O4/c1-31-17-27(30-22-9-6-20(35)15-19(22)5-8-23(30)24(31)10-12-28(31)36)38-21-7-11-26(25(32)16-21)33-29(37)18-34-13-3-2-4-14-34/h6-7,9,11,15-16,23-24,27-28,30,35-36H,2-5,8,10,12-14,17-18H2,1H3,(H,33,37)/t23-,24-,27-,28-,30+,31-/m0/s1. The molecule has 6 atom stereocenters. The minimum atomic E-state index is -0.513. The number of anilines is 1. The van der Waals surface area contributed by atoms with Crippen LogP contribution in [0.15, 0.2) is 36.4 Å². The van der Waals surface area contributed by atoms with Crippen LogP contribution in [0.3, 0.4) is 0 Å². The van der Waals surface area contributed by atoms with Crippen molar-refractivity contribution >= 4 is 11.6 Å². The van der Waals surface area contributed by atoms with Gasteiger partial charge in [0.2, 0.25) is 5.91 Å². The van der Waals surface area contributed by atoms with Crippen molar-refractivity contribution in [3.05, 3.63) is 53.3 Å². The van der Waals surface area contributed by atoms with Gasteiger partial charge < -0.3 is 20.3 Å². The molecule has 6 nitrogen and oxygen atoms in total. The molecule has 6 rings (SSSR count). The number of halogens is 1. The SMILES string of the molecule is C[C@]12C[C@H](Oc3ccc(NC(=O)CN4CCCCC4)c(F)c3)[C@@H]3c4ccc(O)cc4CC[C@H]3[C@@H]1CC[C@@H]2O. The van der Waals surface area contributed by atoms with Gasteiger partial charge in [-0.1, -0.05) is 19.4 Å². The van der Waals surface area contributed by atoms with Crippen LogP contribution in [0, 0.1) is 23.1 Å². The van der Waals surface area contributed by atoms with E-state index in [2.05, 4.69) is 17.1 Å². The molecule has 1 amide bonds. The number of carbonyl (C=O) groups is 1. The number of carbonyl (C=O) groups excluding carboxylic acids is 1. The molecular weight excluding hydrogens is 483 g/mol. The highest BCUT2D eigenvalue weighted by Crippen LogP contribution is 2.61. The van der Waals surface area contributed by atoms with Crippen molar-refractivity contribution in [2.75, 3.05) is 25.0 Å². The molecule has 1 saturated heterocycles. The molecule has 0 unspecified atom stereocenters. The molecule has 0 spiro atoms. The monoisotopic (exact) mass is 522 g/mol. The molecule has 4 aliphatic rings. The number of hydrogen-bond acceptors (Lipinski definition) is 5. The average Bonchev–Trinajstić information content (AvgIpc) is 3.19. The third kappa shape index (κ3) is 4.68. The quantitative estimate of drug-likeness (QED) is 0.501. The summed E-state index contributed by atoms with van der Waals surface area (Å²) in [6.07, 6.45) is 7.20. The van der Waals surface area contributed by atoms with Crippen molar-refractivity contribution in [3.63, 3.8) is 0 Å². The number of aliphatic hydroxyl groups excluding tert-OH is 1. The zero-order valence-electron chi connectivity index (χ0n) is 22.2. The first-order chi connectivity index (χ1) is 18.3.